The molecule has 1 aromatic heterocycles. The molecule has 1 aliphatic rings. The Labute approximate surface area is 161 Å². The second kappa shape index (κ2) is 8.12. The van der Waals surface area contributed by atoms with Crippen LogP contribution in [0.3, 0.4) is 0 Å². The molecule has 1 N–H and O–H groups in total. The number of likely N-dealkylation sites (N-methyl/N-ethyl adjacent to an activating group) is 1. The van der Waals surface area contributed by atoms with Gasteiger partial charge in [-0.3, -0.25) is 9.99 Å². The molecule has 1 aromatic carbocycles. The van der Waals surface area contributed by atoms with Gasteiger partial charge in [-0.2, -0.15) is 5.10 Å². The van der Waals surface area contributed by atoms with Gasteiger partial charge in [-0.1, -0.05) is 36.8 Å². The number of hydrogen-bond acceptors (Lipinski definition) is 4. The summed E-state index contributed by atoms with van der Waals surface area (Å²) in [5, 5.41) is 11.6. The van der Waals surface area contributed by atoms with E-state index in [0.29, 0.717) is 0 Å². The number of para-hydroxylation sites is 1. The monoisotopic (exact) mass is 368 g/mol. The lowest BCUT2D eigenvalue weighted by molar-refractivity contribution is 0.315. The van der Waals surface area contributed by atoms with Gasteiger partial charge in [0, 0.05) is 31.7 Å². The van der Waals surface area contributed by atoms with Crippen LogP contribution < -0.4 is 5.32 Å². The first-order valence-corrected chi connectivity index (χ1v) is 9.96. The van der Waals surface area contributed by atoms with Gasteiger partial charge in [-0.25, -0.2) is 0 Å². The fourth-order valence-electron chi connectivity index (χ4n) is 3.92. The number of fused-ring (bicyclic) bond motifs is 1. The van der Waals surface area contributed by atoms with Gasteiger partial charge in [-0.05, 0) is 50.8 Å². The Balaban J connectivity index is 2.18. The lowest BCUT2D eigenvalue weighted by Crippen LogP contribution is -2.50. The minimum absolute atomic E-state index is 0.359. The largest absolute Gasteiger partial charge is 0.382 e. The summed E-state index contributed by atoms with van der Waals surface area (Å²) in [6, 6.07) is 10.5. The van der Waals surface area contributed by atoms with Crippen molar-refractivity contribution in [3.05, 3.63) is 42.1 Å². The van der Waals surface area contributed by atoms with Crippen molar-refractivity contribution in [3.8, 4) is 0 Å². The summed E-state index contributed by atoms with van der Waals surface area (Å²) in [6.45, 7) is 6.09. The van der Waals surface area contributed by atoms with Crippen LogP contribution in [0.15, 0.2) is 41.6 Å². The van der Waals surface area contributed by atoms with Gasteiger partial charge in [0.2, 0.25) is 0 Å². The molecule has 0 aliphatic heterocycles. The van der Waals surface area contributed by atoms with E-state index in [1.165, 1.54) is 5.71 Å². The zero-order valence-electron chi connectivity index (χ0n) is 16.0. The fourth-order valence-corrected chi connectivity index (χ4v) is 4.25. The number of hydrazone groups is 1. The van der Waals surface area contributed by atoms with Crippen LogP contribution in [0.2, 0.25) is 0 Å². The predicted molar refractivity (Wildman–Crippen MR) is 114 cm³/mol. The van der Waals surface area contributed by atoms with Crippen LogP contribution in [0.1, 0.15) is 45.1 Å². The number of benzene rings is 1. The Kier molecular flexibility index (Phi) is 5.87. The number of rotatable bonds is 5. The average Bonchev–Trinajstić information content (AvgIpc) is 2.71. The Morgan fingerprint density at radius 3 is 2.77 bits per heavy atom. The summed E-state index contributed by atoms with van der Waals surface area (Å²) >= 11 is 5.86. The van der Waals surface area contributed by atoms with Crippen LogP contribution in [-0.2, 0) is 5.41 Å². The minimum atomic E-state index is -0.359. The molecule has 0 saturated heterocycles. The highest BCUT2D eigenvalue weighted by Crippen LogP contribution is 2.39. The van der Waals surface area contributed by atoms with Crippen molar-refractivity contribution in [1.29, 1.82) is 0 Å². The summed E-state index contributed by atoms with van der Waals surface area (Å²) in [4.78, 5) is 5.56. The molecule has 1 saturated carbocycles. The number of hydrogen-bond donors (Lipinski definition) is 1. The van der Waals surface area contributed by atoms with Crippen LogP contribution >= 0.6 is 12.2 Å². The molecule has 26 heavy (non-hydrogen) atoms. The van der Waals surface area contributed by atoms with Gasteiger partial charge >= 0.3 is 0 Å². The maximum atomic E-state index is 5.86. The molecule has 3 rings (SSSR count). The molecule has 0 spiro atoms. The second-order valence-corrected chi connectivity index (χ2v) is 7.20. The Morgan fingerprint density at radius 2 is 2.04 bits per heavy atom. The summed E-state index contributed by atoms with van der Waals surface area (Å²) in [5.41, 5.74) is 2.98. The van der Waals surface area contributed by atoms with Gasteiger partial charge in [0.1, 0.15) is 0 Å². The van der Waals surface area contributed by atoms with Crippen molar-refractivity contribution >= 4 is 33.8 Å². The van der Waals surface area contributed by atoms with Crippen LogP contribution in [0.4, 0.5) is 0 Å². The van der Waals surface area contributed by atoms with Gasteiger partial charge in [-0.15, -0.1) is 0 Å². The number of nitrogens with one attached hydrogen (secondary N) is 1. The SMILES string of the molecule is CCN(CC)/N=C1/CCCCC1(C(=S)NC)c1cnc2ccccc2c1. The molecule has 1 unspecified atom stereocenters. The first-order chi connectivity index (χ1) is 12.7. The van der Waals surface area contributed by atoms with Crippen molar-refractivity contribution < 1.29 is 0 Å². The van der Waals surface area contributed by atoms with E-state index < -0.39 is 0 Å². The lowest BCUT2D eigenvalue weighted by atomic mass is 9.68. The van der Waals surface area contributed by atoms with E-state index in [0.717, 1.165) is 60.2 Å². The lowest BCUT2D eigenvalue weighted by Gasteiger charge is -2.40. The van der Waals surface area contributed by atoms with E-state index in [2.05, 4.69) is 42.4 Å². The smallest absolute Gasteiger partial charge is 0.0916 e. The van der Waals surface area contributed by atoms with E-state index in [4.69, 9.17) is 22.3 Å². The molecular formula is C21H28N4S. The van der Waals surface area contributed by atoms with Crippen LogP contribution in [-0.4, -0.2) is 40.8 Å². The van der Waals surface area contributed by atoms with Gasteiger partial charge in [0.15, 0.2) is 0 Å². The van der Waals surface area contributed by atoms with Crippen LogP contribution in [0.5, 0.6) is 0 Å². The minimum Gasteiger partial charge on any atom is -0.382 e. The van der Waals surface area contributed by atoms with Crippen molar-refractivity contribution in [1.82, 2.24) is 15.3 Å². The summed E-state index contributed by atoms with van der Waals surface area (Å²) in [6.07, 6.45) is 6.26. The zero-order chi connectivity index (χ0) is 18.6. The van der Waals surface area contributed by atoms with Gasteiger partial charge in [0.25, 0.3) is 0 Å². The highest BCUT2D eigenvalue weighted by atomic mass is 32.1. The topological polar surface area (TPSA) is 40.5 Å². The summed E-state index contributed by atoms with van der Waals surface area (Å²) in [7, 11) is 1.92. The maximum absolute atomic E-state index is 5.86. The zero-order valence-corrected chi connectivity index (χ0v) is 16.8. The third-order valence-corrected chi connectivity index (χ3v) is 5.95. The normalized spacial score (nSPS) is 21.7. The molecular weight excluding hydrogens is 340 g/mol. The standard InChI is InChI=1S/C21H28N4S/c1-4-25(5-2)24-19-12-8-9-13-21(19,20(26)22-3)17-14-16-10-6-7-11-18(16)23-15-17/h6-7,10-11,14-15H,4-5,8-9,12-13H2,1-3H3,(H,22,26)/b24-19-. The third kappa shape index (κ3) is 3.32. The Bertz CT molecular complexity index is 813. The molecule has 1 heterocycles. The van der Waals surface area contributed by atoms with Crippen molar-refractivity contribution in [2.75, 3.05) is 20.1 Å². The van der Waals surface area contributed by atoms with Gasteiger partial charge in [0.05, 0.1) is 21.6 Å². The van der Waals surface area contributed by atoms with Crippen LogP contribution in [0.25, 0.3) is 10.9 Å². The molecule has 1 atom stereocenters. The molecule has 1 aliphatic carbocycles. The molecule has 138 valence electrons. The molecule has 0 radical (unpaired) electrons. The summed E-state index contributed by atoms with van der Waals surface area (Å²) < 4.78 is 0. The fraction of sp³-hybridized carbons (Fsp3) is 0.476. The molecule has 0 bridgehead atoms. The summed E-state index contributed by atoms with van der Waals surface area (Å²) in [5.74, 6) is 0. The van der Waals surface area contributed by atoms with E-state index >= 15 is 0 Å². The van der Waals surface area contributed by atoms with Crippen molar-refractivity contribution in [2.45, 2.75) is 44.9 Å². The quantitative estimate of drug-likeness (QED) is 0.631. The molecule has 0 amide bonds. The van der Waals surface area contributed by atoms with Crippen molar-refractivity contribution in [2.24, 2.45) is 5.10 Å². The average molecular weight is 369 g/mol. The maximum Gasteiger partial charge on any atom is 0.0916 e. The highest BCUT2D eigenvalue weighted by Gasteiger charge is 2.44. The van der Waals surface area contributed by atoms with Crippen LogP contribution in [0, 0.1) is 0 Å². The first kappa shape index (κ1) is 18.8. The molecule has 1 fully saturated rings. The third-order valence-electron chi connectivity index (χ3n) is 5.40. The van der Waals surface area contributed by atoms with Gasteiger partial charge < -0.3 is 5.32 Å². The molecule has 2 aromatic rings. The number of aromatic nitrogens is 1. The first-order valence-electron chi connectivity index (χ1n) is 9.56. The number of thiocarbonyl (C=S) groups is 1. The number of pyridine rings is 1. The highest BCUT2D eigenvalue weighted by molar-refractivity contribution is 7.80. The van der Waals surface area contributed by atoms with E-state index in [9.17, 15) is 0 Å². The Morgan fingerprint density at radius 1 is 1.27 bits per heavy atom. The molecule has 4 nitrogen and oxygen atoms in total. The van der Waals surface area contributed by atoms with E-state index in [1.54, 1.807) is 0 Å². The van der Waals surface area contributed by atoms with E-state index in [1.807, 2.05) is 25.4 Å². The second-order valence-electron chi connectivity index (χ2n) is 6.79. The van der Waals surface area contributed by atoms with Crippen molar-refractivity contribution in [3.63, 3.8) is 0 Å². The van der Waals surface area contributed by atoms with E-state index in [-0.39, 0.29) is 5.41 Å². The number of nitrogens with zero attached hydrogens (tertiary/aromatic N) is 3. The Hall–Kier alpha value is -2.01. The predicted octanol–water partition coefficient (Wildman–Crippen LogP) is 4.29. The molecule has 5 heteroatoms.